The van der Waals surface area contributed by atoms with E-state index in [0.29, 0.717) is 6.42 Å². The van der Waals surface area contributed by atoms with E-state index >= 15 is 4.39 Å². The van der Waals surface area contributed by atoms with Crippen LogP contribution in [0.1, 0.15) is 32.6 Å². The van der Waals surface area contributed by atoms with Gasteiger partial charge in [-0.3, -0.25) is 0 Å². The van der Waals surface area contributed by atoms with Crippen molar-refractivity contribution in [1.29, 1.82) is 0 Å². The third-order valence-electron chi connectivity index (χ3n) is 8.52. The molecule has 0 bridgehead atoms. The average molecular weight is 683 g/mol. The SMILES string of the molecule is C=C[C@H]1COc2c(Cl)c(-c3ccc(F)c4sc(N)c(N)c34)c(F)c3nc(OC[C@]4(CCC)C[C@@H](F)CN4)nc(c23)N1CCC(F)F. The number of nitrogens with two attached hydrogens (primary N) is 2. The Morgan fingerprint density at radius 1 is 1.28 bits per heavy atom. The second-order valence-electron chi connectivity index (χ2n) is 11.6. The first kappa shape index (κ1) is 32.3. The first-order valence-electron chi connectivity index (χ1n) is 14.8. The van der Waals surface area contributed by atoms with Gasteiger partial charge in [-0.2, -0.15) is 9.97 Å². The molecule has 2 aliphatic heterocycles. The first-order valence-corrected chi connectivity index (χ1v) is 16.0. The van der Waals surface area contributed by atoms with Crippen molar-refractivity contribution in [3.63, 3.8) is 0 Å². The molecule has 8 nitrogen and oxygen atoms in total. The maximum atomic E-state index is 17.0. The number of rotatable bonds is 10. The number of nitrogens with one attached hydrogen (secondary N) is 1. The molecule has 1 fully saturated rings. The van der Waals surface area contributed by atoms with Crippen LogP contribution in [0.4, 0.5) is 38.5 Å². The van der Waals surface area contributed by atoms with Crippen molar-refractivity contribution in [2.45, 2.75) is 56.8 Å². The lowest BCUT2D eigenvalue weighted by atomic mass is 9.92. The summed E-state index contributed by atoms with van der Waals surface area (Å²) < 4.78 is 85.3. The maximum absolute atomic E-state index is 17.0. The van der Waals surface area contributed by atoms with E-state index < -0.39 is 42.2 Å². The van der Waals surface area contributed by atoms with Gasteiger partial charge in [0, 0.05) is 36.9 Å². The zero-order valence-electron chi connectivity index (χ0n) is 24.8. The Morgan fingerprint density at radius 2 is 2.07 bits per heavy atom. The molecular weight excluding hydrogens is 651 g/mol. The van der Waals surface area contributed by atoms with E-state index in [1.54, 1.807) is 0 Å². The lowest BCUT2D eigenvalue weighted by Crippen LogP contribution is -2.45. The Labute approximate surface area is 270 Å². The molecule has 0 radical (unpaired) electrons. The predicted molar refractivity (Wildman–Crippen MR) is 172 cm³/mol. The predicted octanol–water partition coefficient (Wildman–Crippen LogP) is 7.27. The van der Waals surface area contributed by atoms with Crippen LogP contribution in [0.15, 0.2) is 24.8 Å². The van der Waals surface area contributed by atoms with E-state index in [0.717, 1.165) is 23.8 Å². The molecule has 5 N–H and O–H groups in total. The second-order valence-corrected chi connectivity index (χ2v) is 13.0. The molecule has 0 aliphatic carbocycles. The number of hydrogen-bond acceptors (Lipinski definition) is 9. The summed E-state index contributed by atoms with van der Waals surface area (Å²) in [5.41, 5.74) is 11.3. The summed E-state index contributed by atoms with van der Waals surface area (Å²) in [5, 5.41) is 3.38. The van der Waals surface area contributed by atoms with Gasteiger partial charge >= 0.3 is 6.01 Å². The van der Waals surface area contributed by atoms with Crippen molar-refractivity contribution in [1.82, 2.24) is 15.3 Å². The maximum Gasteiger partial charge on any atom is 0.319 e. The van der Waals surface area contributed by atoms with Gasteiger partial charge in [-0.1, -0.05) is 37.1 Å². The summed E-state index contributed by atoms with van der Waals surface area (Å²) in [4.78, 5) is 10.5. The first-order chi connectivity index (χ1) is 22.0. The Balaban J connectivity index is 1.59. The monoisotopic (exact) mass is 682 g/mol. The van der Waals surface area contributed by atoms with Crippen molar-refractivity contribution < 1.29 is 31.4 Å². The number of aromatic nitrogens is 2. The van der Waals surface area contributed by atoms with Crippen LogP contribution in [-0.4, -0.2) is 60.4 Å². The van der Waals surface area contributed by atoms with Gasteiger partial charge in [-0.25, -0.2) is 22.0 Å². The highest BCUT2D eigenvalue weighted by Gasteiger charge is 2.40. The molecule has 2 aromatic heterocycles. The van der Waals surface area contributed by atoms with Gasteiger partial charge < -0.3 is 31.2 Å². The Bertz CT molecular complexity index is 1820. The summed E-state index contributed by atoms with van der Waals surface area (Å²) in [5.74, 6) is -1.46. The van der Waals surface area contributed by atoms with Gasteiger partial charge in [-0.05, 0) is 18.1 Å². The Hall–Kier alpha value is -3.62. The number of anilines is 3. The van der Waals surface area contributed by atoms with Gasteiger partial charge in [0.05, 0.1) is 32.4 Å². The molecular formula is C31H32ClF5N6O2S. The largest absolute Gasteiger partial charge is 0.489 e. The van der Waals surface area contributed by atoms with Gasteiger partial charge in [0.2, 0.25) is 6.43 Å². The van der Waals surface area contributed by atoms with E-state index in [4.69, 9.17) is 32.5 Å². The molecule has 1 saturated heterocycles. The minimum absolute atomic E-state index is 0.000412. The number of thiophene rings is 1. The summed E-state index contributed by atoms with van der Waals surface area (Å²) in [7, 11) is 0. The normalized spacial score (nSPS) is 21.3. The molecule has 3 atom stereocenters. The van der Waals surface area contributed by atoms with Crippen molar-refractivity contribution >= 4 is 60.4 Å². The molecule has 0 amide bonds. The standard InChI is InChI=1S/C31H32ClF5N6O2S/c1-3-8-31(10-14(33)11-40-31)13-45-30-41-25-21-26(44-12-15(4-2)43(29(21)42-30)9-7-18(35)36)22(32)19(23(25)37)16-5-6-17(34)27-20(16)24(38)28(39)46-27/h4-6,14-15,18,40H,2-3,7-13,38-39H2,1H3/t14-,15+,31+/m1/s1. The Kier molecular flexibility index (Phi) is 8.81. The van der Waals surface area contributed by atoms with Crippen LogP contribution in [0.3, 0.4) is 0 Å². The van der Waals surface area contributed by atoms with E-state index in [9.17, 15) is 17.6 Å². The second kappa shape index (κ2) is 12.5. The van der Waals surface area contributed by atoms with Crippen LogP contribution >= 0.6 is 22.9 Å². The molecule has 0 unspecified atom stereocenters. The fourth-order valence-electron chi connectivity index (χ4n) is 6.37. The average Bonchev–Trinajstić information content (AvgIpc) is 3.48. The van der Waals surface area contributed by atoms with Gasteiger partial charge in [0.1, 0.15) is 41.5 Å². The van der Waals surface area contributed by atoms with Crippen LogP contribution in [0.5, 0.6) is 11.8 Å². The molecule has 4 aromatic rings. The fraction of sp³-hybridized carbons (Fsp3) is 0.419. The summed E-state index contributed by atoms with van der Waals surface area (Å²) >= 11 is 7.82. The smallest absolute Gasteiger partial charge is 0.319 e. The third-order valence-corrected chi connectivity index (χ3v) is 9.92. The quantitative estimate of drug-likeness (QED) is 0.118. The van der Waals surface area contributed by atoms with Gasteiger partial charge in [0.15, 0.2) is 11.6 Å². The number of ether oxygens (including phenoxy) is 2. The highest BCUT2D eigenvalue weighted by atomic mass is 35.5. The molecule has 0 spiro atoms. The molecule has 46 heavy (non-hydrogen) atoms. The van der Waals surface area contributed by atoms with E-state index in [2.05, 4.69) is 21.9 Å². The minimum Gasteiger partial charge on any atom is -0.489 e. The van der Waals surface area contributed by atoms with E-state index in [1.165, 1.54) is 17.0 Å². The van der Waals surface area contributed by atoms with Crippen LogP contribution in [0, 0.1) is 11.6 Å². The number of halogens is 6. The summed E-state index contributed by atoms with van der Waals surface area (Å²) in [6.45, 7) is 5.67. The Morgan fingerprint density at radius 3 is 2.74 bits per heavy atom. The number of alkyl halides is 3. The zero-order valence-corrected chi connectivity index (χ0v) is 26.4. The zero-order chi connectivity index (χ0) is 32.9. The number of nitrogens with zero attached hydrogens (tertiary/aromatic N) is 3. The molecule has 15 heteroatoms. The van der Waals surface area contributed by atoms with Gasteiger partial charge in [0.25, 0.3) is 0 Å². The van der Waals surface area contributed by atoms with Crippen molar-refractivity contribution in [3.05, 3.63) is 41.4 Å². The highest BCUT2D eigenvalue weighted by molar-refractivity contribution is 7.23. The van der Waals surface area contributed by atoms with Crippen molar-refractivity contribution in [2.24, 2.45) is 0 Å². The highest BCUT2D eigenvalue weighted by Crippen LogP contribution is 2.51. The van der Waals surface area contributed by atoms with Crippen LogP contribution in [0.25, 0.3) is 32.1 Å². The number of nitrogen functional groups attached to an aromatic ring is 2. The van der Waals surface area contributed by atoms with Crippen molar-refractivity contribution in [2.75, 3.05) is 42.7 Å². The number of fused-ring (bicyclic) bond motifs is 1. The molecule has 6 rings (SSSR count). The molecule has 0 saturated carbocycles. The molecule has 246 valence electrons. The minimum atomic E-state index is -2.63. The summed E-state index contributed by atoms with van der Waals surface area (Å²) in [6, 6.07) is 1.58. The molecule has 2 aromatic carbocycles. The van der Waals surface area contributed by atoms with E-state index in [1.807, 2.05) is 6.92 Å². The lowest BCUT2D eigenvalue weighted by Gasteiger charge is -2.30. The van der Waals surface area contributed by atoms with Crippen molar-refractivity contribution in [3.8, 4) is 22.9 Å². The van der Waals surface area contributed by atoms with Gasteiger partial charge in [-0.15, -0.1) is 17.9 Å². The topological polar surface area (TPSA) is 112 Å². The van der Waals surface area contributed by atoms with E-state index in [-0.39, 0.29) is 98.1 Å². The lowest BCUT2D eigenvalue weighted by molar-refractivity contribution is 0.138. The van der Waals surface area contributed by atoms with Crippen LogP contribution in [0.2, 0.25) is 5.02 Å². The van der Waals surface area contributed by atoms with Crippen LogP contribution < -0.4 is 31.2 Å². The van der Waals surface area contributed by atoms with Crippen LogP contribution in [-0.2, 0) is 0 Å². The molecule has 2 aliphatic rings. The summed E-state index contributed by atoms with van der Waals surface area (Å²) in [6.07, 6.45) is -1.16. The number of hydrogen-bond donors (Lipinski definition) is 3. The third kappa shape index (κ3) is 5.53. The molecule has 4 heterocycles. The number of benzene rings is 2. The fourth-order valence-corrected chi connectivity index (χ4v) is 7.62.